The Hall–Kier alpha value is -3.44. The summed E-state index contributed by atoms with van der Waals surface area (Å²) in [5.41, 5.74) is 7.66. The van der Waals surface area contributed by atoms with Gasteiger partial charge in [0.1, 0.15) is 18.1 Å². The van der Waals surface area contributed by atoms with Crippen LogP contribution in [0.5, 0.6) is 0 Å². The summed E-state index contributed by atoms with van der Waals surface area (Å²) in [6.45, 7) is 8.65. The molecular weight excluding hydrogens is 490 g/mol. The van der Waals surface area contributed by atoms with Gasteiger partial charge in [0.25, 0.3) is 0 Å². The molecule has 0 aliphatic carbocycles. The summed E-state index contributed by atoms with van der Waals surface area (Å²) in [7, 11) is 0. The van der Waals surface area contributed by atoms with E-state index in [9.17, 15) is 29.4 Å². The van der Waals surface area contributed by atoms with Gasteiger partial charge in [-0.05, 0) is 36.8 Å². The molecule has 0 bridgehead atoms. The molecule has 1 aromatic carbocycles. The SMILES string of the molecule is CCC(C)C(NC(=O)C(NC(=O)C(Cc1c[nH]c2ccccc12)NC(=O)C(N)CC(C)C)C(C)O)C(=O)O. The molecule has 0 spiro atoms. The number of aromatic amines is 1. The van der Waals surface area contributed by atoms with Crippen LogP contribution in [-0.2, 0) is 25.6 Å². The molecule has 3 amide bonds. The number of aromatic nitrogens is 1. The summed E-state index contributed by atoms with van der Waals surface area (Å²) < 4.78 is 0. The molecule has 1 heterocycles. The van der Waals surface area contributed by atoms with Crippen molar-refractivity contribution in [1.29, 1.82) is 0 Å². The lowest BCUT2D eigenvalue weighted by molar-refractivity contribution is -0.144. The highest BCUT2D eigenvalue weighted by Gasteiger charge is 2.34. The fourth-order valence-electron chi connectivity index (χ4n) is 4.21. The molecule has 0 aliphatic rings. The third-order valence-corrected chi connectivity index (χ3v) is 6.63. The maximum Gasteiger partial charge on any atom is 0.326 e. The molecule has 0 radical (unpaired) electrons. The van der Waals surface area contributed by atoms with Gasteiger partial charge in [0.2, 0.25) is 17.7 Å². The zero-order chi connectivity index (χ0) is 28.6. The molecule has 0 aliphatic heterocycles. The molecule has 1 aromatic heterocycles. The highest BCUT2D eigenvalue weighted by molar-refractivity contribution is 5.95. The lowest BCUT2D eigenvalue weighted by Gasteiger charge is -2.28. The first kappa shape index (κ1) is 30.8. The number of carbonyl (C=O) groups excluding carboxylic acids is 3. The summed E-state index contributed by atoms with van der Waals surface area (Å²) in [4.78, 5) is 54.0. The average Bonchev–Trinajstić information content (AvgIpc) is 3.26. The van der Waals surface area contributed by atoms with Crippen molar-refractivity contribution in [1.82, 2.24) is 20.9 Å². The average molecular weight is 532 g/mol. The van der Waals surface area contributed by atoms with E-state index in [0.717, 1.165) is 16.5 Å². The van der Waals surface area contributed by atoms with Crippen LogP contribution < -0.4 is 21.7 Å². The normalized spacial score (nSPS) is 16.2. The number of nitrogens with two attached hydrogens (primary N) is 1. The van der Waals surface area contributed by atoms with Gasteiger partial charge in [-0.2, -0.15) is 0 Å². The molecule has 2 rings (SSSR count). The molecule has 38 heavy (non-hydrogen) atoms. The number of carbonyl (C=O) groups is 4. The van der Waals surface area contributed by atoms with E-state index >= 15 is 0 Å². The standard InChI is InChI=1S/C27H41N5O6/c1-6-15(4)22(27(37)38)31-26(36)23(16(5)33)32-25(35)21(30-24(34)19(28)11-14(2)3)12-17-13-29-20-10-8-7-9-18(17)20/h7-10,13-16,19,21-23,29,33H,6,11-12,28H2,1-5H3,(H,30,34)(H,31,36)(H,32,35)(H,37,38). The number of aliphatic carboxylic acids is 1. The summed E-state index contributed by atoms with van der Waals surface area (Å²) >= 11 is 0. The molecular formula is C27H41N5O6. The van der Waals surface area contributed by atoms with Crippen LogP contribution >= 0.6 is 0 Å². The van der Waals surface area contributed by atoms with E-state index in [-0.39, 0.29) is 18.3 Å². The predicted octanol–water partition coefficient (Wildman–Crippen LogP) is 1.05. The first-order chi connectivity index (χ1) is 17.8. The van der Waals surface area contributed by atoms with Gasteiger partial charge in [-0.15, -0.1) is 0 Å². The maximum atomic E-state index is 13.4. The Morgan fingerprint density at radius 1 is 0.947 bits per heavy atom. The molecule has 0 saturated carbocycles. The fraction of sp³-hybridized carbons (Fsp3) is 0.556. The second kappa shape index (κ2) is 13.9. The number of amides is 3. The van der Waals surface area contributed by atoms with Crippen molar-refractivity contribution < 1.29 is 29.4 Å². The van der Waals surface area contributed by atoms with E-state index in [1.807, 2.05) is 38.1 Å². The van der Waals surface area contributed by atoms with Crippen LogP contribution in [0, 0.1) is 11.8 Å². The molecule has 6 atom stereocenters. The molecule has 2 aromatic rings. The topological polar surface area (TPSA) is 187 Å². The number of hydrogen-bond donors (Lipinski definition) is 7. The second-order valence-electron chi connectivity index (χ2n) is 10.3. The Morgan fingerprint density at radius 2 is 1.58 bits per heavy atom. The van der Waals surface area contributed by atoms with Crippen LogP contribution in [0.1, 0.15) is 53.0 Å². The predicted molar refractivity (Wildman–Crippen MR) is 144 cm³/mol. The number of fused-ring (bicyclic) bond motifs is 1. The van der Waals surface area contributed by atoms with Crippen LogP contribution in [0.2, 0.25) is 0 Å². The Labute approximate surface area is 222 Å². The number of aliphatic hydroxyl groups is 1. The van der Waals surface area contributed by atoms with E-state index < -0.39 is 54.0 Å². The van der Waals surface area contributed by atoms with Crippen molar-refractivity contribution in [3.63, 3.8) is 0 Å². The van der Waals surface area contributed by atoms with E-state index in [4.69, 9.17) is 5.73 Å². The van der Waals surface area contributed by atoms with Gasteiger partial charge in [-0.1, -0.05) is 52.3 Å². The lowest BCUT2D eigenvalue weighted by atomic mass is 9.98. The number of carboxylic acids is 1. The van der Waals surface area contributed by atoms with Crippen molar-refractivity contribution in [2.45, 2.75) is 84.2 Å². The van der Waals surface area contributed by atoms with Gasteiger partial charge in [0, 0.05) is 23.5 Å². The molecule has 0 saturated heterocycles. The minimum absolute atomic E-state index is 0.0920. The molecule has 11 nitrogen and oxygen atoms in total. The molecule has 210 valence electrons. The lowest BCUT2D eigenvalue weighted by Crippen LogP contribution is -2.60. The summed E-state index contributed by atoms with van der Waals surface area (Å²) in [5.74, 6) is -3.50. The number of carboxylic acid groups (broad SMARTS) is 1. The van der Waals surface area contributed by atoms with Crippen LogP contribution in [0.25, 0.3) is 10.9 Å². The smallest absolute Gasteiger partial charge is 0.326 e. The molecule has 8 N–H and O–H groups in total. The number of rotatable bonds is 14. The number of benzene rings is 1. The summed E-state index contributed by atoms with van der Waals surface area (Å²) in [5, 5.41) is 28.3. The van der Waals surface area contributed by atoms with Crippen molar-refractivity contribution in [2.75, 3.05) is 0 Å². The minimum atomic E-state index is -1.44. The number of H-pyrrole nitrogens is 1. The number of nitrogens with one attached hydrogen (secondary N) is 4. The molecule has 0 fully saturated rings. The first-order valence-electron chi connectivity index (χ1n) is 13.0. The van der Waals surface area contributed by atoms with Gasteiger partial charge in [-0.3, -0.25) is 14.4 Å². The van der Waals surface area contributed by atoms with Gasteiger partial charge in [0.05, 0.1) is 12.1 Å². The number of para-hydroxylation sites is 1. The first-order valence-corrected chi connectivity index (χ1v) is 13.0. The van der Waals surface area contributed by atoms with Crippen molar-refractivity contribution in [2.24, 2.45) is 17.6 Å². The monoisotopic (exact) mass is 531 g/mol. The van der Waals surface area contributed by atoms with Crippen molar-refractivity contribution in [3.8, 4) is 0 Å². The maximum absolute atomic E-state index is 13.4. The largest absolute Gasteiger partial charge is 0.480 e. The van der Waals surface area contributed by atoms with E-state index in [1.54, 1.807) is 20.0 Å². The third kappa shape index (κ3) is 8.29. The van der Waals surface area contributed by atoms with Crippen LogP contribution in [-0.4, -0.2) is 69.2 Å². The fourth-order valence-corrected chi connectivity index (χ4v) is 4.21. The van der Waals surface area contributed by atoms with Gasteiger partial charge >= 0.3 is 5.97 Å². The highest BCUT2D eigenvalue weighted by Crippen LogP contribution is 2.19. The third-order valence-electron chi connectivity index (χ3n) is 6.63. The zero-order valence-corrected chi connectivity index (χ0v) is 22.7. The van der Waals surface area contributed by atoms with E-state index in [0.29, 0.717) is 12.8 Å². The van der Waals surface area contributed by atoms with E-state index in [1.165, 1.54) is 6.92 Å². The Balaban J connectivity index is 2.29. The Bertz CT molecular complexity index is 1110. The zero-order valence-electron chi connectivity index (χ0n) is 22.7. The highest BCUT2D eigenvalue weighted by atomic mass is 16.4. The molecule has 11 heteroatoms. The summed E-state index contributed by atoms with van der Waals surface area (Å²) in [6.07, 6.45) is 1.41. The van der Waals surface area contributed by atoms with Gasteiger partial charge in [0.15, 0.2) is 0 Å². The quantitative estimate of drug-likeness (QED) is 0.190. The van der Waals surface area contributed by atoms with Gasteiger partial charge < -0.3 is 36.9 Å². The summed E-state index contributed by atoms with van der Waals surface area (Å²) in [6, 6.07) is 2.91. The van der Waals surface area contributed by atoms with Crippen LogP contribution in [0.3, 0.4) is 0 Å². The number of hydrogen-bond acceptors (Lipinski definition) is 6. The Morgan fingerprint density at radius 3 is 2.16 bits per heavy atom. The van der Waals surface area contributed by atoms with Crippen molar-refractivity contribution in [3.05, 3.63) is 36.0 Å². The van der Waals surface area contributed by atoms with Gasteiger partial charge in [-0.25, -0.2) is 4.79 Å². The molecule has 6 unspecified atom stereocenters. The second-order valence-corrected chi connectivity index (χ2v) is 10.3. The Kier molecular flexibility index (Phi) is 11.3. The van der Waals surface area contributed by atoms with Crippen molar-refractivity contribution >= 4 is 34.6 Å². The van der Waals surface area contributed by atoms with Crippen LogP contribution in [0.4, 0.5) is 0 Å². The van der Waals surface area contributed by atoms with E-state index in [2.05, 4.69) is 20.9 Å². The number of aliphatic hydroxyl groups excluding tert-OH is 1. The minimum Gasteiger partial charge on any atom is -0.480 e. The van der Waals surface area contributed by atoms with Crippen LogP contribution in [0.15, 0.2) is 30.5 Å².